The Hall–Kier alpha value is -3.55. The van der Waals surface area contributed by atoms with E-state index < -0.39 is 24.4 Å². The molecule has 0 aliphatic rings. The van der Waals surface area contributed by atoms with Crippen LogP contribution < -0.4 is 19.5 Å². The Labute approximate surface area is 168 Å². The standard InChI is InChI=1S/C21H23NO7/c1-26-15-10-14(11-16(12-15)27-2)8-9-20(24)29-13-19(23)22-21(25)17-6-4-5-7-18(17)28-3/h4-7,10-12H,8-9,13H2,1-3H3,(H,22,23,25). The van der Waals surface area contributed by atoms with Gasteiger partial charge in [0.2, 0.25) is 0 Å². The molecule has 1 N–H and O–H groups in total. The summed E-state index contributed by atoms with van der Waals surface area (Å²) in [6.07, 6.45) is 0.443. The number of hydrogen-bond donors (Lipinski definition) is 1. The lowest BCUT2D eigenvalue weighted by atomic mass is 10.1. The third-order valence-corrected chi connectivity index (χ3v) is 4.00. The minimum absolute atomic E-state index is 0.0596. The number of aryl methyl sites for hydroxylation is 1. The minimum atomic E-state index is -0.725. The molecular weight excluding hydrogens is 378 g/mol. The molecule has 0 unspecified atom stereocenters. The zero-order valence-electron chi connectivity index (χ0n) is 16.5. The van der Waals surface area contributed by atoms with Crippen molar-refractivity contribution in [3.8, 4) is 17.2 Å². The van der Waals surface area contributed by atoms with Crippen molar-refractivity contribution in [3.05, 3.63) is 53.6 Å². The van der Waals surface area contributed by atoms with E-state index in [0.29, 0.717) is 23.7 Å². The number of nitrogens with one attached hydrogen (secondary N) is 1. The summed E-state index contributed by atoms with van der Waals surface area (Å²) in [6, 6.07) is 11.8. The van der Waals surface area contributed by atoms with Crippen molar-refractivity contribution in [3.63, 3.8) is 0 Å². The maximum atomic E-state index is 12.1. The van der Waals surface area contributed by atoms with Gasteiger partial charge in [-0.25, -0.2) is 0 Å². The molecule has 0 saturated heterocycles. The van der Waals surface area contributed by atoms with E-state index in [9.17, 15) is 14.4 Å². The third-order valence-electron chi connectivity index (χ3n) is 4.00. The van der Waals surface area contributed by atoms with Crippen molar-refractivity contribution in [2.75, 3.05) is 27.9 Å². The smallest absolute Gasteiger partial charge is 0.306 e. The molecule has 0 fully saturated rings. The van der Waals surface area contributed by atoms with Crippen molar-refractivity contribution >= 4 is 17.8 Å². The fourth-order valence-electron chi connectivity index (χ4n) is 2.54. The number of rotatable bonds is 9. The molecule has 154 valence electrons. The molecule has 0 bridgehead atoms. The van der Waals surface area contributed by atoms with Crippen LogP contribution in [0.1, 0.15) is 22.3 Å². The Kier molecular flexibility index (Phi) is 8.02. The number of hydrogen-bond acceptors (Lipinski definition) is 7. The van der Waals surface area contributed by atoms with Crippen molar-refractivity contribution in [2.45, 2.75) is 12.8 Å². The van der Waals surface area contributed by atoms with Gasteiger partial charge < -0.3 is 18.9 Å². The molecule has 0 aliphatic heterocycles. The summed E-state index contributed by atoms with van der Waals surface area (Å²) in [4.78, 5) is 35.9. The third kappa shape index (κ3) is 6.53. The molecule has 29 heavy (non-hydrogen) atoms. The van der Waals surface area contributed by atoms with E-state index in [1.54, 1.807) is 36.4 Å². The second-order valence-corrected chi connectivity index (χ2v) is 5.96. The summed E-state index contributed by atoms with van der Waals surface area (Å²) in [5.74, 6) is -0.358. The molecule has 2 rings (SSSR count). The van der Waals surface area contributed by atoms with Crippen LogP contribution in [0.3, 0.4) is 0 Å². The van der Waals surface area contributed by atoms with E-state index in [4.69, 9.17) is 18.9 Å². The number of esters is 1. The van der Waals surface area contributed by atoms with Crippen LogP contribution in [0.2, 0.25) is 0 Å². The van der Waals surface area contributed by atoms with Crippen LogP contribution in [-0.4, -0.2) is 45.7 Å². The molecular formula is C21H23NO7. The van der Waals surface area contributed by atoms with Crippen molar-refractivity contribution in [2.24, 2.45) is 0 Å². The average Bonchev–Trinajstić information content (AvgIpc) is 2.75. The van der Waals surface area contributed by atoms with Gasteiger partial charge in [-0.3, -0.25) is 19.7 Å². The second-order valence-electron chi connectivity index (χ2n) is 5.96. The fraction of sp³-hybridized carbons (Fsp3) is 0.286. The van der Waals surface area contributed by atoms with Gasteiger partial charge in [-0.15, -0.1) is 0 Å². The Morgan fingerprint density at radius 3 is 2.17 bits per heavy atom. The highest BCUT2D eigenvalue weighted by Crippen LogP contribution is 2.23. The molecule has 8 heteroatoms. The van der Waals surface area contributed by atoms with E-state index in [0.717, 1.165) is 5.56 Å². The van der Waals surface area contributed by atoms with E-state index in [2.05, 4.69) is 5.32 Å². The number of ether oxygens (including phenoxy) is 4. The van der Waals surface area contributed by atoms with Gasteiger partial charge in [0, 0.05) is 12.5 Å². The lowest BCUT2D eigenvalue weighted by Crippen LogP contribution is -2.34. The van der Waals surface area contributed by atoms with Crippen LogP contribution >= 0.6 is 0 Å². The molecule has 0 spiro atoms. The van der Waals surface area contributed by atoms with Crippen LogP contribution in [0, 0.1) is 0 Å². The van der Waals surface area contributed by atoms with Gasteiger partial charge in [0.15, 0.2) is 6.61 Å². The molecule has 0 heterocycles. The lowest BCUT2D eigenvalue weighted by molar-refractivity contribution is -0.148. The van der Waals surface area contributed by atoms with Gasteiger partial charge in [0.1, 0.15) is 17.2 Å². The van der Waals surface area contributed by atoms with Crippen molar-refractivity contribution in [1.82, 2.24) is 5.32 Å². The van der Waals surface area contributed by atoms with Gasteiger partial charge >= 0.3 is 5.97 Å². The Morgan fingerprint density at radius 2 is 1.55 bits per heavy atom. The quantitative estimate of drug-likeness (QED) is 0.643. The number of carbonyl (C=O) groups excluding carboxylic acids is 3. The van der Waals surface area contributed by atoms with Crippen LogP contribution in [0.25, 0.3) is 0 Å². The van der Waals surface area contributed by atoms with E-state index in [1.165, 1.54) is 27.4 Å². The summed E-state index contributed by atoms with van der Waals surface area (Å²) in [6.45, 7) is -0.554. The zero-order valence-corrected chi connectivity index (χ0v) is 16.5. The highest BCUT2D eigenvalue weighted by atomic mass is 16.5. The molecule has 0 radical (unpaired) electrons. The summed E-state index contributed by atoms with van der Waals surface area (Å²) < 4.78 is 20.4. The molecule has 0 aliphatic carbocycles. The Balaban J connectivity index is 1.81. The fourth-order valence-corrected chi connectivity index (χ4v) is 2.54. The lowest BCUT2D eigenvalue weighted by Gasteiger charge is -2.09. The van der Waals surface area contributed by atoms with E-state index in [1.807, 2.05) is 0 Å². The molecule has 0 atom stereocenters. The highest BCUT2D eigenvalue weighted by Gasteiger charge is 2.16. The van der Waals surface area contributed by atoms with Gasteiger partial charge in [0.25, 0.3) is 11.8 Å². The molecule has 0 aromatic heterocycles. The van der Waals surface area contributed by atoms with Gasteiger partial charge in [0.05, 0.1) is 26.9 Å². The number of amides is 2. The molecule has 0 saturated carbocycles. The summed E-state index contributed by atoms with van der Waals surface area (Å²) in [5.41, 5.74) is 1.04. The number of imide groups is 1. The minimum Gasteiger partial charge on any atom is -0.497 e. The Morgan fingerprint density at radius 1 is 0.897 bits per heavy atom. The van der Waals surface area contributed by atoms with E-state index in [-0.39, 0.29) is 12.0 Å². The van der Waals surface area contributed by atoms with E-state index >= 15 is 0 Å². The normalized spacial score (nSPS) is 10.0. The van der Waals surface area contributed by atoms with Crippen LogP contribution in [0.15, 0.2) is 42.5 Å². The van der Waals surface area contributed by atoms with Crippen molar-refractivity contribution < 1.29 is 33.3 Å². The van der Waals surface area contributed by atoms with Crippen LogP contribution in [-0.2, 0) is 20.7 Å². The summed E-state index contributed by atoms with van der Waals surface area (Å²) >= 11 is 0. The summed E-state index contributed by atoms with van der Waals surface area (Å²) in [5, 5.41) is 2.16. The first-order valence-electron chi connectivity index (χ1n) is 8.81. The van der Waals surface area contributed by atoms with Gasteiger partial charge in [-0.1, -0.05) is 12.1 Å². The second kappa shape index (κ2) is 10.7. The molecule has 2 aromatic rings. The largest absolute Gasteiger partial charge is 0.497 e. The first-order chi connectivity index (χ1) is 14.0. The highest BCUT2D eigenvalue weighted by molar-refractivity contribution is 6.06. The maximum absolute atomic E-state index is 12.1. The monoisotopic (exact) mass is 401 g/mol. The van der Waals surface area contributed by atoms with Crippen LogP contribution in [0.5, 0.6) is 17.2 Å². The number of benzene rings is 2. The number of carbonyl (C=O) groups is 3. The first kappa shape index (κ1) is 21.7. The number of methoxy groups -OCH3 is 3. The average molecular weight is 401 g/mol. The maximum Gasteiger partial charge on any atom is 0.306 e. The SMILES string of the molecule is COc1cc(CCC(=O)OCC(=O)NC(=O)c2ccccc2OC)cc(OC)c1. The van der Waals surface area contributed by atoms with Crippen LogP contribution in [0.4, 0.5) is 0 Å². The topological polar surface area (TPSA) is 100 Å². The predicted octanol–water partition coefficient (Wildman–Crippen LogP) is 2.14. The zero-order chi connectivity index (χ0) is 21.2. The Bertz CT molecular complexity index is 857. The first-order valence-corrected chi connectivity index (χ1v) is 8.81. The predicted molar refractivity (Wildman–Crippen MR) is 104 cm³/mol. The van der Waals surface area contributed by atoms with Crippen molar-refractivity contribution in [1.29, 1.82) is 0 Å². The number of para-hydroxylation sites is 1. The molecule has 2 aromatic carbocycles. The molecule has 2 amide bonds. The summed E-state index contributed by atoms with van der Waals surface area (Å²) in [7, 11) is 4.50. The van der Waals surface area contributed by atoms with Gasteiger partial charge in [-0.05, 0) is 36.2 Å². The van der Waals surface area contributed by atoms with Gasteiger partial charge in [-0.2, -0.15) is 0 Å². The molecule has 8 nitrogen and oxygen atoms in total.